The van der Waals surface area contributed by atoms with Gasteiger partial charge >= 0.3 is 5.97 Å². The molecular formula is C22H22N4O3S. The molecule has 0 fully saturated rings. The van der Waals surface area contributed by atoms with E-state index in [9.17, 15) is 9.59 Å². The van der Waals surface area contributed by atoms with E-state index < -0.39 is 11.2 Å². The SMILES string of the molecule is CCOC(=O)CN1C(=O)[C@@H](Sc2n[nH]c(-c3ccccc3)n2)CCc2ccccc21. The van der Waals surface area contributed by atoms with Gasteiger partial charge in [-0.15, -0.1) is 5.10 Å². The van der Waals surface area contributed by atoms with Crippen molar-refractivity contribution in [2.24, 2.45) is 0 Å². The lowest BCUT2D eigenvalue weighted by Crippen LogP contribution is -2.41. The van der Waals surface area contributed by atoms with Crippen LogP contribution in [0.5, 0.6) is 0 Å². The predicted molar refractivity (Wildman–Crippen MR) is 115 cm³/mol. The van der Waals surface area contributed by atoms with Crippen molar-refractivity contribution in [3.8, 4) is 11.4 Å². The van der Waals surface area contributed by atoms with Crippen molar-refractivity contribution in [1.29, 1.82) is 0 Å². The number of hydrogen-bond donors (Lipinski definition) is 1. The fraction of sp³-hybridized carbons (Fsp3) is 0.273. The second kappa shape index (κ2) is 9.13. The maximum atomic E-state index is 13.4. The van der Waals surface area contributed by atoms with Gasteiger partial charge in [-0.25, -0.2) is 4.98 Å². The molecular weight excluding hydrogens is 400 g/mol. The molecule has 8 heteroatoms. The van der Waals surface area contributed by atoms with Crippen LogP contribution >= 0.6 is 11.8 Å². The van der Waals surface area contributed by atoms with E-state index in [0.717, 1.165) is 23.2 Å². The number of rotatable bonds is 6. The summed E-state index contributed by atoms with van der Waals surface area (Å²) >= 11 is 1.32. The lowest BCUT2D eigenvalue weighted by atomic mass is 10.1. The zero-order chi connectivity index (χ0) is 20.9. The summed E-state index contributed by atoms with van der Waals surface area (Å²) in [7, 11) is 0. The molecule has 0 bridgehead atoms. The van der Waals surface area contributed by atoms with Gasteiger partial charge in [0.15, 0.2) is 5.82 Å². The van der Waals surface area contributed by atoms with Crippen LogP contribution in [0.25, 0.3) is 11.4 Å². The van der Waals surface area contributed by atoms with Crippen LogP contribution in [0.2, 0.25) is 0 Å². The van der Waals surface area contributed by atoms with E-state index >= 15 is 0 Å². The molecule has 4 rings (SSSR count). The van der Waals surface area contributed by atoms with E-state index in [0.29, 0.717) is 17.4 Å². The van der Waals surface area contributed by atoms with E-state index in [2.05, 4.69) is 15.2 Å². The first-order valence-corrected chi connectivity index (χ1v) is 10.7. The van der Waals surface area contributed by atoms with Gasteiger partial charge in [0.25, 0.3) is 0 Å². The van der Waals surface area contributed by atoms with Crippen LogP contribution in [0.3, 0.4) is 0 Å². The number of amides is 1. The van der Waals surface area contributed by atoms with Gasteiger partial charge in [-0.2, -0.15) is 0 Å². The van der Waals surface area contributed by atoms with E-state index in [-0.39, 0.29) is 19.1 Å². The molecule has 2 heterocycles. The molecule has 0 saturated carbocycles. The van der Waals surface area contributed by atoms with E-state index in [1.165, 1.54) is 16.7 Å². The van der Waals surface area contributed by atoms with Gasteiger partial charge < -0.3 is 4.74 Å². The van der Waals surface area contributed by atoms with Crippen molar-refractivity contribution in [2.75, 3.05) is 18.1 Å². The van der Waals surface area contributed by atoms with Gasteiger partial charge in [0, 0.05) is 11.3 Å². The van der Waals surface area contributed by atoms with Crippen molar-refractivity contribution in [2.45, 2.75) is 30.2 Å². The number of aryl methyl sites for hydroxylation is 1. The monoisotopic (exact) mass is 422 g/mol. The molecule has 1 N–H and O–H groups in total. The molecule has 1 aliphatic heterocycles. The average molecular weight is 423 g/mol. The third kappa shape index (κ3) is 4.38. The molecule has 30 heavy (non-hydrogen) atoms. The van der Waals surface area contributed by atoms with Crippen molar-refractivity contribution in [3.63, 3.8) is 0 Å². The minimum absolute atomic E-state index is 0.107. The number of esters is 1. The van der Waals surface area contributed by atoms with Gasteiger partial charge in [-0.1, -0.05) is 60.3 Å². The molecule has 0 radical (unpaired) electrons. The summed E-state index contributed by atoms with van der Waals surface area (Å²) in [6.07, 6.45) is 1.36. The molecule has 1 amide bonds. The van der Waals surface area contributed by atoms with Gasteiger partial charge in [-0.05, 0) is 31.4 Å². The van der Waals surface area contributed by atoms with Gasteiger partial charge in [0.1, 0.15) is 6.54 Å². The Morgan fingerprint density at radius 3 is 2.77 bits per heavy atom. The number of nitrogens with one attached hydrogen (secondary N) is 1. The number of benzene rings is 2. The smallest absolute Gasteiger partial charge is 0.326 e. The Bertz CT molecular complexity index is 1040. The molecule has 3 aromatic rings. The molecule has 1 atom stereocenters. The largest absolute Gasteiger partial charge is 0.465 e. The van der Waals surface area contributed by atoms with Crippen molar-refractivity contribution in [1.82, 2.24) is 15.2 Å². The van der Waals surface area contributed by atoms with Crippen LogP contribution in [0.1, 0.15) is 18.9 Å². The molecule has 7 nitrogen and oxygen atoms in total. The number of fused-ring (bicyclic) bond motifs is 1. The number of H-pyrrole nitrogens is 1. The van der Waals surface area contributed by atoms with E-state index in [4.69, 9.17) is 4.74 Å². The summed E-state index contributed by atoms with van der Waals surface area (Å²) in [5.41, 5.74) is 2.73. The summed E-state index contributed by atoms with van der Waals surface area (Å²) in [4.78, 5) is 31.6. The average Bonchev–Trinajstić information content (AvgIpc) is 3.20. The van der Waals surface area contributed by atoms with Gasteiger partial charge in [0.2, 0.25) is 11.1 Å². The Kier molecular flexibility index (Phi) is 6.13. The molecule has 154 valence electrons. The molecule has 0 aliphatic carbocycles. The third-order valence-corrected chi connectivity index (χ3v) is 5.97. The Hall–Kier alpha value is -3.13. The van der Waals surface area contributed by atoms with Crippen LogP contribution in [-0.2, 0) is 20.7 Å². The van der Waals surface area contributed by atoms with Crippen molar-refractivity contribution in [3.05, 3.63) is 60.2 Å². The summed E-state index contributed by atoms with van der Waals surface area (Å²) in [6.45, 7) is 1.92. The number of nitrogens with zero attached hydrogens (tertiary/aromatic N) is 3. The topological polar surface area (TPSA) is 88.2 Å². The lowest BCUT2D eigenvalue weighted by molar-refractivity contribution is -0.142. The maximum Gasteiger partial charge on any atom is 0.326 e. The molecule has 1 aliphatic rings. The number of ether oxygens (including phenoxy) is 1. The number of carbonyl (C=O) groups excluding carboxylic acids is 2. The highest BCUT2D eigenvalue weighted by molar-refractivity contribution is 8.00. The van der Waals surface area contributed by atoms with Crippen molar-refractivity contribution >= 4 is 29.3 Å². The number of thioether (sulfide) groups is 1. The number of para-hydroxylation sites is 1. The Morgan fingerprint density at radius 2 is 1.97 bits per heavy atom. The Balaban J connectivity index is 1.56. The number of aromatic nitrogens is 3. The molecule has 2 aromatic carbocycles. The maximum absolute atomic E-state index is 13.4. The zero-order valence-electron chi connectivity index (χ0n) is 16.6. The first-order valence-electron chi connectivity index (χ1n) is 9.85. The fourth-order valence-electron chi connectivity index (χ4n) is 3.45. The second-order valence-corrected chi connectivity index (χ2v) is 8.01. The fourth-order valence-corrected chi connectivity index (χ4v) is 4.41. The highest BCUT2D eigenvalue weighted by Gasteiger charge is 2.33. The number of carbonyl (C=O) groups is 2. The van der Waals surface area contributed by atoms with E-state index in [1.54, 1.807) is 6.92 Å². The summed E-state index contributed by atoms with van der Waals surface area (Å²) in [6, 6.07) is 17.4. The van der Waals surface area contributed by atoms with Gasteiger partial charge in [0.05, 0.1) is 11.9 Å². The number of hydrogen-bond acceptors (Lipinski definition) is 6. The standard InChI is InChI=1S/C22H22N4O3S/c1-2-29-19(27)14-26-17-11-7-6-8-15(17)12-13-18(21(26)28)30-22-23-20(24-25-22)16-9-4-3-5-10-16/h3-11,18H,2,12-14H2,1H3,(H,23,24,25)/t18-/m0/s1. The predicted octanol–water partition coefficient (Wildman–Crippen LogP) is 3.47. The zero-order valence-corrected chi connectivity index (χ0v) is 17.4. The summed E-state index contributed by atoms with van der Waals surface area (Å²) in [5.74, 6) is 0.102. The molecule has 0 unspecified atom stereocenters. The van der Waals surface area contributed by atoms with Crippen LogP contribution in [0.4, 0.5) is 5.69 Å². The minimum Gasteiger partial charge on any atom is -0.465 e. The third-order valence-electron chi connectivity index (χ3n) is 4.85. The lowest BCUT2D eigenvalue weighted by Gasteiger charge is -2.24. The quantitative estimate of drug-likeness (QED) is 0.612. The highest BCUT2D eigenvalue weighted by Crippen LogP contribution is 2.34. The first-order chi connectivity index (χ1) is 14.7. The highest BCUT2D eigenvalue weighted by atomic mass is 32.2. The van der Waals surface area contributed by atoms with Crippen LogP contribution in [0, 0.1) is 0 Å². The van der Waals surface area contributed by atoms with Gasteiger partial charge in [-0.3, -0.25) is 19.6 Å². The summed E-state index contributed by atoms with van der Waals surface area (Å²) < 4.78 is 5.09. The van der Waals surface area contributed by atoms with Crippen LogP contribution in [0.15, 0.2) is 59.8 Å². The second-order valence-electron chi connectivity index (χ2n) is 6.84. The van der Waals surface area contributed by atoms with Crippen LogP contribution < -0.4 is 4.90 Å². The van der Waals surface area contributed by atoms with Crippen molar-refractivity contribution < 1.29 is 14.3 Å². The molecule has 0 saturated heterocycles. The van der Waals surface area contributed by atoms with E-state index in [1.807, 2.05) is 54.6 Å². The van der Waals surface area contributed by atoms with Crippen LogP contribution in [-0.4, -0.2) is 45.5 Å². The number of aromatic amines is 1. The Labute approximate surface area is 178 Å². The Morgan fingerprint density at radius 1 is 1.20 bits per heavy atom. The minimum atomic E-state index is -0.421. The normalized spacial score (nSPS) is 16.1. The summed E-state index contributed by atoms with van der Waals surface area (Å²) in [5, 5.41) is 7.33. The molecule has 1 aromatic heterocycles. The first kappa shape index (κ1) is 20.2. The molecule has 0 spiro atoms. The number of anilines is 1.